The fourth-order valence-electron chi connectivity index (χ4n) is 8.01. The highest BCUT2D eigenvalue weighted by molar-refractivity contribution is 6.25. The minimum absolute atomic E-state index is 0.912. The SMILES string of the molecule is c1ccc2cc3c(cc2c1)nc(-c1ccc(-c2cc4ccccc4c4c2oc2cc5ccccc5cc24)cc1)c1ccc2ccccc2c13. The van der Waals surface area contributed by atoms with Crippen molar-refractivity contribution in [1.82, 2.24) is 4.98 Å². The Morgan fingerprint density at radius 1 is 0.367 bits per heavy atom. The molecule has 0 bridgehead atoms. The van der Waals surface area contributed by atoms with Gasteiger partial charge in [0.05, 0.1) is 11.2 Å². The predicted molar refractivity (Wildman–Crippen MR) is 207 cm³/mol. The first kappa shape index (κ1) is 26.5. The number of hydrogen-bond donors (Lipinski definition) is 0. The summed E-state index contributed by atoms with van der Waals surface area (Å²) in [6.07, 6.45) is 0. The third-order valence-corrected chi connectivity index (χ3v) is 10.4. The molecule has 9 aromatic carbocycles. The van der Waals surface area contributed by atoms with Gasteiger partial charge in [-0.3, -0.25) is 0 Å². The molecule has 0 aliphatic heterocycles. The van der Waals surface area contributed by atoms with Gasteiger partial charge in [0.25, 0.3) is 0 Å². The first-order valence-electron chi connectivity index (χ1n) is 16.8. The van der Waals surface area contributed by atoms with Crippen molar-refractivity contribution in [3.63, 3.8) is 0 Å². The lowest BCUT2D eigenvalue weighted by molar-refractivity contribution is 0.671. The third-order valence-electron chi connectivity index (χ3n) is 10.4. The predicted octanol–water partition coefficient (Wildman–Crippen LogP) is 13.2. The second kappa shape index (κ2) is 10.00. The van der Waals surface area contributed by atoms with Crippen molar-refractivity contribution < 1.29 is 4.42 Å². The van der Waals surface area contributed by atoms with Crippen LogP contribution < -0.4 is 0 Å². The summed E-state index contributed by atoms with van der Waals surface area (Å²) in [5.74, 6) is 0. The van der Waals surface area contributed by atoms with E-state index in [2.05, 4.69) is 164 Å². The van der Waals surface area contributed by atoms with Gasteiger partial charge in [-0.15, -0.1) is 0 Å². The molecule has 0 amide bonds. The number of nitrogens with zero attached hydrogens (tertiary/aromatic N) is 1. The Morgan fingerprint density at radius 2 is 0.939 bits per heavy atom. The molecule has 0 fully saturated rings. The maximum Gasteiger partial charge on any atom is 0.143 e. The number of aromatic nitrogens is 1. The molecular formula is C47H27NO. The molecule has 0 N–H and O–H groups in total. The van der Waals surface area contributed by atoms with Crippen LogP contribution in [0.2, 0.25) is 0 Å². The Hall–Kier alpha value is -6.51. The zero-order valence-corrected chi connectivity index (χ0v) is 26.4. The molecule has 0 unspecified atom stereocenters. The number of hydrogen-bond acceptors (Lipinski definition) is 2. The topological polar surface area (TPSA) is 26.0 Å². The van der Waals surface area contributed by atoms with E-state index >= 15 is 0 Å². The first-order valence-corrected chi connectivity index (χ1v) is 16.8. The second-order valence-corrected chi connectivity index (χ2v) is 13.1. The van der Waals surface area contributed by atoms with Crippen LogP contribution in [0.5, 0.6) is 0 Å². The highest BCUT2D eigenvalue weighted by Gasteiger charge is 2.18. The van der Waals surface area contributed by atoms with Crippen molar-refractivity contribution in [1.29, 1.82) is 0 Å². The van der Waals surface area contributed by atoms with E-state index in [1.165, 1.54) is 59.2 Å². The minimum Gasteiger partial charge on any atom is -0.455 e. The monoisotopic (exact) mass is 621 g/mol. The van der Waals surface area contributed by atoms with E-state index in [1.54, 1.807) is 0 Å². The van der Waals surface area contributed by atoms with Crippen molar-refractivity contribution in [2.24, 2.45) is 0 Å². The quantitative estimate of drug-likeness (QED) is 0.142. The zero-order valence-electron chi connectivity index (χ0n) is 26.4. The molecule has 0 aliphatic rings. The summed E-state index contributed by atoms with van der Waals surface area (Å²) in [6, 6.07) is 59.0. The van der Waals surface area contributed by atoms with Gasteiger partial charge in [-0.1, -0.05) is 133 Å². The molecule has 11 aromatic rings. The van der Waals surface area contributed by atoms with Gasteiger partial charge in [0.15, 0.2) is 0 Å². The lowest BCUT2D eigenvalue weighted by atomic mass is 9.92. The summed E-state index contributed by atoms with van der Waals surface area (Å²) in [5.41, 5.74) is 7.13. The molecule has 2 aromatic heterocycles. The molecule has 2 nitrogen and oxygen atoms in total. The van der Waals surface area contributed by atoms with E-state index in [0.717, 1.165) is 49.8 Å². The van der Waals surface area contributed by atoms with Crippen LogP contribution in [-0.2, 0) is 0 Å². The highest BCUT2D eigenvalue weighted by Crippen LogP contribution is 2.43. The van der Waals surface area contributed by atoms with Crippen LogP contribution in [0.25, 0.3) is 109 Å². The molecule has 0 saturated carbocycles. The van der Waals surface area contributed by atoms with E-state index in [1.807, 2.05) is 0 Å². The Morgan fingerprint density at radius 3 is 1.67 bits per heavy atom. The smallest absolute Gasteiger partial charge is 0.143 e. The number of furan rings is 1. The molecule has 2 heterocycles. The standard InChI is InChI=1S/C47H27NO/c1-3-12-33-26-42-40(23-31(33)10-1)44-36-15-7-5-9-28(36)21-22-38(44)46(48-42)30-19-17-29(18-20-30)39-25-35-14-6-8-16-37(35)45-41-24-32-11-2-4-13-34(32)27-43(41)49-47(39)45/h1-27H. The van der Waals surface area contributed by atoms with Crippen molar-refractivity contribution >= 4 is 86.7 Å². The molecule has 49 heavy (non-hydrogen) atoms. The van der Waals surface area contributed by atoms with Gasteiger partial charge in [-0.05, 0) is 79.0 Å². The molecule has 2 heteroatoms. The summed E-state index contributed by atoms with van der Waals surface area (Å²) < 4.78 is 6.74. The number of benzene rings is 9. The van der Waals surface area contributed by atoms with Crippen LogP contribution in [0.1, 0.15) is 0 Å². The maximum absolute atomic E-state index is 6.74. The molecule has 0 aliphatic carbocycles. The van der Waals surface area contributed by atoms with E-state index in [-0.39, 0.29) is 0 Å². The van der Waals surface area contributed by atoms with Crippen molar-refractivity contribution in [2.75, 3.05) is 0 Å². The van der Waals surface area contributed by atoms with Crippen LogP contribution >= 0.6 is 0 Å². The second-order valence-electron chi connectivity index (χ2n) is 13.1. The van der Waals surface area contributed by atoms with Gasteiger partial charge < -0.3 is 4.42 Å². The number of pyridine rings is 1. The van der Waals surface area contributed by atoms with Crippen LogP contribution in [-0.4, -0.2) is 4.98 Å². The van der Waals surface area contributed by atoms with E-state index < -0.39 is 0 Å². The Balaban J connectivity index is 1.15. The van der Waals surface area contributed by atoms with Crippen molar-refractivity contribution in [2.45, 2.75) is 0 Å². The largest absolute Gasteiger partial charge is 0.455 e. The maximum atomic E-state index is 6.74. The van der Waals surface area contributed by atoms with Gasteiger partial charge in [0.2, 0.25) is 0 Å². The molecule has 0 atom stereocenters. The van der Waals surface area contributed by atoms with Crippen LogP contribution in [0.4, 0.5) is 0 Å². The Bertz CT molecular complexity index is 3150. The lowest BCUT2D eigenvalue weighted by Gasteiger charge is -2.14. The van der Waals surface area contributed by atoms with Gasteiger partial charge >= 0.3 is 0 Å². The summed E-state index contributed by atoms with van der Waals surface area (Å²) in [7, 11) is 0. The number of rotatable bonds is 2. The average Bonchev–Trinajstić information content (AvgIpc) is 3.54. The van der Waals surface area contributed by atoms with Crippen molar-refractivity contribution in [3.8, 4) is 22.4 Å². The summed E-state index contributed by atoms with van der Waals surface area (Å²) >= 11 is 0. The van der Waals surface area contributed by atoms with Crippen molar-refractivity contribution in [3.05, 3.63) is 164 Å². The normalized spacial score (nSPS) is 12.1. The van der Waals surface area contributed by atoms with Gasteiger partial charge in [0, 0.05) is 38.1 Å². The fraction of sp³-hybridized carbons (Fsp3) is 0. The summed E-state index contributed by atoms with van der Waals surface area (Å²) in [4.78, 5) is 5.36. The fourth-order valence-corrected chi connectivity index (χ4v) is 8.01. The minimum atomic E-state index is 0.912. The van der Waals surface area contributed by atoms with Gasteiger partial charge in [-0.25, -0.2) is 4.98 Å². The molecular weight excluding hydrogens is 595 g/mol. The van der Waals surface area contributed by atoms with E-state index in [9.17, 15) is 0 Å². The Labute approximate surface area is 281 Å². The molecule has 11 rings (SSSR count). The van der Waals surface area contributed by atoms with Crippen LogP contribution in [0.15, 0.2) is 168 Å². The Kier molecular flexibility index (Phi) is 5.42. The molecule has 0 saturated heterocycles. The highest BCUT2D eigenvalue weighted by atomic mass is 16.3. The van der Waals surface area contributed by atoms with E-state index in [0.29, 0.717) is 0 Å². The van der Waals surface area contributed by atoms with E-state index in [4.69, 9.17) is 9.40 Å². The molecule has 0 spiro atoms. The molecule has 0 radical (unpaired) electrons. The van der Waals surface area contributed by atoms with Gasteiger partial charge in [0.1, 0.15) is 11.2 Å². The van der Waals surface area contributed by atoms with Crippen LogP contribution in [0.3, 0.4) is 0 Å². The molecule has 226 valence electrons. The average molecular weight is 622 g/mol. The first-order chi connectivity index (χ1) is 24.3. The number of fused-ring (bicyclic) bond motifs is 12. The van der Waals surface area contributed by atoms with Crippen LogP contribution in [0, 0.1) is 0 Å². The summed E-state index contributed by atoms with van der Waals surface area (Å²) in [6.45, 7) is 0. The summed E-state index contributed by atoms with van der Waals surface area (Å²) in [5, 5.41) is 15.6. The third kappa shape index (κ3) is 3.92. The zero-order chi connectivity index (χ0) is 32.1. The van der Waals surface area contributed by atoms with Gasteiger partial charge in [-0.2, -0.15) is 0 Å². The lowest BCUT2D eigenvalue weighted by Crippen LogP contribution is -1.92.